The fourth-order valence-electron chi connectivity index (χ4n) is 5.23. The molecule has 0 amide bonds. The molecular weight excluding hydrogens is 510 g/mol. The lowest BCUT2D eigenvalue weighted by Crippen LogP contribution is -2.29. The van der Waals surface area contributed by atoms with Gasteiger partial charge >= 0.3 is 5.69 Å². The van der Waals surface area contributed by atoms with Crippen LogP contribution in [0.2, 0.25) is 0 Å². The molecule has 0 fully saturated rings. The summed E-state index contributed by atoms with van der Waals surface area (Å²) in [7, 11) is 0.496. The van der Waals surface area contributed by atoms with Crippen LogP contribution < -0.4 is 24.2 Å². The Balaban J connectivity index is 1.47. The Morgan fingerprint density at radius 1 is 0.947 bits per heavy atom. The number of methoxy groups -OCH3 is 3. The molecule has 1 aliphatic carbocycles. The van der Waals surface area contributed by atoms with E-state index < -0.39 is 14.9 Å². The summed E-state index contributed by atoms with van der Waals surface area (Å²) in [6.45, 7) is 0. The van der Waals surface area contributed by atoms with Crippen molar-refractivity contribution in [2.45, 2.75) is 23.3 Å². The number of hydrogen-bond donors (Lipinski definition) is 2. The predicted octanol–water partition coefficient (Wildman–Crippen LogP) is 5.25. The van der Waals surface area contributed by atoms with Gasteiger partial charge in [0.15, 0.2) is 17.2 Å². The number of rotatable bonds is 8. The molecule has 198 valence electrons. The van der Waals surface area contributed by atoms with Crippen molar-refractivity contribution < 1.29 is 27.6 Å². The number of ether oxygens (including phenoxy) is 3. The van der Waals surface area contributed by atoms with E-state index in [4.69, 9.17) is 14.2 Å². The van der Waals surface area contributed by atoms with E-state index in [1.165, 1.54) is 21.3 Å². The summed E-state index contributed by atoms with van der Waals surface area (Å²) in [6.07, 6.45) is 4.90. The molecule has 3 aromatic carbocycles. The molecule has 0 bridgehead atoms. The van der Waals surface area contributed by atoms with Gasteiger partial charge in [-0.05, 0) is 59.9 Å². The van der Waals surface area contributed by atoms with Crippen LogP contribution in [-0.2, 0) is 10.0 Å². The van der Waals surface area contributed by atoms with Gasteiger partial charge in [0.1, 0.15) is 0 Å². The maximum Gasteiger partial charge on any atom is 0.311 e. The molecule has 2 N–H and O–H groups in total. The average molecular weight is 538 g/mol. The second-order valence-corrected chi connectivity index (χ2v) is 10.8. The van der Waals surface area contributed by atoms with Crippen LogP contribution in [-0.4, -0.2) is 34.7 Å². The summed E-state index contributed by atoms with van der Waals surface area (Å²) >= 11 is 0. The molecule has 0 aromatic heterocycles. The number of hydrogen-bond acceptors (Lipinski definition) is 8. The van der Waals surface area contributed by atoms with Crippen molar-refractivity contribution in [3.05, 3.63) is 88.0 Å². The maximum absolute atomic E-state index is 13.3. The van der Waals surface area contributed by atoms with Crippen LogP contribution in [0.1, 0.15) is 29.5 Å². The summed E-state index contributed by atoms with van der Waals surface area (Å²) in [5.74, 6) is 1.12. The molecule has 5 rings (SSSR count). The average Bonchev–Trinajstić information content (AvgIpc) is 3.42. The van der Waals surface area contributed by atoms with E-state index in [1.807, 2.05) is 6.07 Å². The fourth-order valence-corrected chi connectivity index (χ4v) is 6.31. The van der Waals surface area contributed by atoms with Crippen LogP contribution in [0.5, 0.6) is 17.2 Å². The summed E-state index contributed by atoms with van der Waals surface area (Å²) in [5, 5.41) is 15.1. The Bertz CT molecular complexity index is 1540. The molecule has 3 atom stereocenters. The predicted molar refractivity (Wildman–Crippen MR) is 143 cm³/mol. The number of fused-ring (bicyclic) bond motifs is 3. The van der Waals surface area contributed by atoms with Gasteiger partial charge < -0.3 is 19.5 Å². The van der Waals surface area contributed by atoms with E-state index in [1.54, 1.807) is 48.5 Å². The molecule has 0 spiro atoms. The zero-order valence-corrected chi connectivity index (χ0v) is 21.8. The lowest BCUT2D eigenvalue weighted by Gasteiger charge is -2.37. The van der Waals surface area contributed by atoms with Crippen molar-refractivity contribution >= 4 is 27.1 Å². The third-order valence-electron chi connectivity index (χ3n) is 7.04. The molecule has 1 heterocycles. The Kier molecular flexibility index (Phi) is 6.62. The molecule has 0 saturated carbocycles. The van der Waals surface area contributed by atoms with Crippen LogP contribution >= 0.6 is 0 Å². The molecule has 0 radical (unpaired) electrons. The molecule has 11 heteroatoms. The molecule has 3 aromatic rings. The van der Waals surface area contributed by atoms with E-state index in [2.05, 4.69) is 22.2 Å². The maximum atomic E-state index is 13.3. The van der Waals surface area contributed by atoms with Crippen molar-refractivity contribution in [1.29, 1.82) is 0 Å². The molecular formula is C27H27N3O7S. The van der Waals surface area contributed by atoms with Gasteiger partial charge in [0.05, 0.1) is 42.9 Å². The highest BCUT2D eigenvalue weighted by atomic mass is 32.2. The van der Waals surface area contributed by atoms with Crippen molar-refractivity contribution in [2.24, 2.45) is 5.92 Å². The molecule has 0 unspecified atom stereocenters. The van der Waals surface area contributed by atoms with Gasteiger partial charge in [-0.25, -0.2) is 8.42 Å². The monoisotopic (exact) mass is 537 g/mol. The fraction of sp³-hybridized carbons (Fsp3) is 0.259. The number of allylic oxidation sites excluding steroid dienone is 2. The number of nitro groups is 1. The van der Waals surface area contributed by atoms with Crippen LogP contribution in [0.4, 0.5) is 17.1 Å². The zero-order valence-electron chi connectivity index (χ0n) is 21.0. The molecule has 0 saturated heterocycles. The Hall–Kier alpha value is -4.25. The van der Waals surface area contributed by atoms with Crippen LogP contribution in [0.3, 0.4) is 0 Å². The Morgan fingerprint density at radius 3 is 2.39 bits per heavy atom. The number of anilines is 2. The number of nitrogens with one attached hydrogen (secondary N) is 2. The second-order valence-electron chi connectivity index (χ2n) is 9.09. The Morgan fingerprint density at radius 2 is 1.68 bits per heavy atom. The van der Waals surface area contributed by atoms with Gasteiger partial charge in [0, 0.05) is 23.7 Å². The van der Waals surface area contributed by atoms with Crippen molar-refractivity contribution in [3.63, 3.8) is 0 Å². The highest BCUT2D eigenvalue weighted by Crippen LogP contribution is 2.51. The zero-order chi connectivity index (χ0) is 27.0. The molecule has 38 heavy (non-hydrogen) atoms. The van der Waals surface area contributed by atoms with Crippen molar-refractivity contribution in [3.8, 4) is 17.2 Å². The second kappa shape index (κ2) is 9.90. The van der Waals surface area contributed by atoms with Gasteiger partial charge in [-0.2, -0.15) is 0 Å². The minimum absolute atomic E-state index is 0.0476. The van der Waals surface area contributed by atoms with Gasteiger partial charge in [-0.15, -0.1) is 0 Å². The van der Waals surface area contributed by atoms with Crippen LogP contribution in [0.25, 0.3) is 0 Å². The van der Waals surface area contributed by atoms with E-state index >= 15 is 0 Å². The number of benzene rings is 3. The van der Waals surface area contributed by atoms with Gasteiger partial charge in [0.25, 0.3) is 10.0 Å². The summed E-state index contributed by atoms with van der Waals surface area (Å²) < 4.78 is 44.8. The number of nitrogens with zero attached hydrogens (tertiary/aromatic N) is 1. The first-order valence-corrected chi connectivity index (χ1v) is 13.4. The van der Waals surface area contributed by atoms with Crippen molar-refractivity contribution in [2.75, 3.05) is 31.4 Å². The quantitative estimate of drug-likeness (QED) is 0.227. The van der Waals surface area contributed by atoms with E-state index in [0.717, 1.165) is 23.2 Å². The molecule has 10 nitrogen and oxygen atoms in total. The minimum Gasteiger partial charge on any atom is -0.493 e. The third-order valence-corrected chi connectivity index (χ3v) is 8.42. The third kappa shape index (κ3) is 4.49. The topological polar surface area (TPSA) is 129 Å². The Labute approximate surface area is 220 Å². The number of nitro benzene ring substituents is 1. The van der Waals surface area contributed by atoms with E-state index in [0.29, 0.717) is 17.2 Å². The summed E-state index contributed by atoms with van der Waals surface area (Å²) in [5.41, 5.74) is 2.67. The van der Waals surface area contributed by atoms with Crippen LogP contribution in [0, 0.1) is 16.0 Å². The first-order chi connectivity index (χ1) is 18.2. The van der Waals surface area contributed by atoms with E-state index in [-0.39, 0.29) is 34.2 Å². The van der Waals surface area contributed by atoms with Gasteiger partial charge in [-0.1, -0.05) is 18.2 Å². The highest BCUT2D eigenvalue weighted by Gasteiger charge is 2.39. The summed E-state index contributed by atoms with van der Waals surface area (Å²) in [6, 6.07) is 14.6. The SMILES string of the molecule is COc1ccc(NS(=O)(=O)c2ccc3c(c2)[C@H]2C=CC[C@H]2[C@@H](c2ccc(OC)c([N+](=O)[O-])c2)N3)cc1OC. The van der Waals surface area contributed by atoms with E-state index in [9.17, 15) is 18.5 Å². The highest BCUT2D eigenvalue weighted by molar-refractivity contribution is 7.92. The lowest BCUT2D eigenvalue weighted by atomic mass is 9.77. The van der Waals surface area contributed by atoms with Gasteiger partial charge in [0.2, 0.25) is 0 Å². The smallest absolute Gasteiger partial charge is 0.311 e. The lowest BCUT2D eigenvalue weighted by molar-refractivity contribution is -0.385. The summed E-state index contributed by atoms with van der Waals surface area (Å²) in [4.78, 5) is 11.3. The first kappa shape index (κ1) is 25.4. The molecule has 1 aliphatic heterocycles. The first-order valence-electron chi connectivity index (χ1n) is 11.9. The molecule has 2 aliphatic rings. The van der Waals surface area contributed by atoms with Crippen LogP contribution in [0.15, 0.2) is 71.6 Å². The minimum atomic E-state index is -3.90. The standard InChI is InChI=1S/C27H27N3O7S/c1-35-24-11-7-16(13-23(24)30(31)32)27-20-6-4-5-19(20)21-15-18(9-10-22(21)28-27)38(33,34)29-17-8-12-25(36-2)26(14-17)37-3/h4-5,7-15,19-20,27-29H,6H2,1-3H3/t19-,20+,27+/m0/s1. The van der Waals surface area contributed by atoms with Gasteiger partial charge in [-0.3, -0.25) is 14.8 Å². The normalized spacial score (nSPS) is 19.6. The van der Waals surface area contributed by atoms with Crippen molar-refractivity contribution in [1.82, 2.24) is 0 Å². The number of sulfonamides is 1. The largest absolute Gasteiger partial charge is 0.493 e.